The van der Waals surface area contributed by atoms with Crippen molar-refractivity contribution in [3.8, 4) is 0 Å². The number of nitrogens with one attached hydrogen (secondary N) is 3. The molecule has 2 fully saturated rings. The maximum Gasteiger partial charge on any atom is 0.231 e. The number of benzene rings is 1. The summed E-state index contributed by atoms with van der Waals surface area (Å²) in [6.45, 7) is 2.27. The topological polar surface area (TPSA) is 70.2 Å². The van der Waals surface area contributed by atoms with Gasteiger partial charge in [0, 0.05) is 18.7 Å². The summed E-state index contributed by atoms with van der Waals surface area (Å²) in [6.07, 6.45) is 2.81. The van der Waals surface area contributed by atoms with Crippen LogP contribution in [0, 0.1) is 11.7 Å². The van der Waals surface area contributed by atoms with E-state index in [1.165, 1.54) is 6.07 Å². The Hall–Kier alpha value is -1.95. The average Bonchev–Trinajstić information content (AvgIpc) is 2.55. The Morgan fingerprint density at radius 2 is 1.96 bits per heavy atom. The number of halogens is 1. The van der Waals surface area contributed by atoms with Gasteiger partial charge in [0.1, 0.15) is 5.82 Å². The number of carbonyl (C=O) groups is 2. The lowest BCUT2D eigenvalue weighted by Crippen LogP contribution is -2.43. The molecule has 1 aromatic carbocycles. The van der Waals surface area contributed by atoms with E-state index in [0.717, 1.165) is 31.5 Å². The molecule has 3 rings (SSSR count). The Kier molecular flexibility index (Phi) is 4.91. The van der Waals surface area contributed by atoms with Crippen LogP contribution in [-0.2, 0) is 9.59 Å². The smallest absolute Gasteiger partial charge is 0.231 e. The molecular weight excluding hydrogens is 297 g/mol. The Bertz CT molecular complexity index is 600. The second-order valence-corrected chi connectivity index (χ2v) is 6.29. The van der Waals surface area contributed by atoms with Crippen LogP contribution in [0.5, 0.6) is 0 Å². The van der Waals surface area contributed by atoms with E-state index < -0.39 is 0 Å². The van der Waals surface area contributed by atoms with Crippen molar-refractivity contribution in [3.05, 3.63) is 29.6 Å². The van der Waals surface area contributed by atoms with Crippen LogP contribution in [-0.4, -0.2) is 31.4 Å². The van der Waals surface area contributed by atoms with Gasteiger partial charge in [-0.15, -0.1) is 0 Å². The van der Waals surface area contributed by atoms with Crippen molar-refractivity contribution in [2.45, 2.75) is 31.6 Å². The van der Waals surface area contributed by atoms with Crippen molar-refractivity contribution in [1.29, 1.82) is 0 Å². The molecule has 2 aliphatic heterocycles. The van der Waals surface area contributed by atoms with Gasteiger partial charge in [-0.3, -0.25) is 14.9 Å². The van der Waals surface area contributed by atoms with E-state index in [0.29, 0.717) is 25.1 Å². The highest BCUT2D eigenvalue weighted by Crippen LogP contribution is 2.29. The van der Waals surface area contributed by atoms with Crippen molar-refractivity contribution in [2.75, 3.05) is 25.0 Å². The number of hydrogen-bond acceptors (Lipinski definition) is 4. The number of amides is 2. The maximum absolute atomic E-state index is 14.3. The summed E-state index contributed by atoms with van der Waals surface area (Å²) >= 11 is 0. The van der Waals surface area contributed by atoms with E-state index in [1.54, 1.807) is 0 Å². The number of rotatable bonds is 4. The van der Waals surface area contributed by atoms with Crippen LogP contribution in [0.1, 0.15) is 37.2 Å². The van der Waals surface area contributed by atoms with Gasteiger partial charge in [0.05, 0.1) is 5.92 Å². The molecule has 124 valence electrons. The van der Waals surface area contributed by atoms with Crippen LogP contribution in [0.15, 0.2) is 18.2 Å². The molecule has 2 amide bonds. The van der Waals surface area contributed by atoms with Gasteiger partial charge in [-0.05, 0) is 56.0 Å². The standard InChI is InChI=1S/C17H22FN3O2/c18-15-9-13(2-3-14(15)11-5-7-19-8-6-11)20-10-12-1-4-16(22)21-17(12)23/h2-3,9,11-12,19-20H,1,4-8,10H2,(H,21,22,23)/t12-/m0/s1. The van der Waals surface area contributed by atoms with Gasteiger partial charge < -0.3 is 10.6 Å². The van der Waals surface area contributed by atoms with Crippen LogP contribution >= 0.6 is 0 Å². The van der Waals surface area contributed by atoms with E-state index in [-0.39, 0.29) is 29.5 Å². The SMILES string of the molecule is O=C1CC[C@@H](CNc2ccc(C3CCNCC3)c(F)c2)C(=O)N1. The molecule has 0 aliphatic carbocycles. The van der Waals surface area contributed by atoms with Gasteiger partial charge in [-0.1, -0.05) is 6.07 Å². The Balaban J connectivity index is 1.59. The van der Waals surface area contributed by atoms with Gasteiger partial charge >= 0.3 is 0 Å². The van der Waals surface area contributed by atoms with Crippen LogP contribution < -0.4 is 16.0 Å². The number of piperidine rings is 2. The van der Waals surface area contributed by atoms with Gasteiger partial charge in [-0.2, -0.15) is 0 Å². The Morgan fingerprint density at radius 1 is 1.17 bits per heavy atom. The molecule has 0 saturated carbocycles. The highest BCUT2D eigenvalue weighted by atomic mass is 19.1. The molecule has 1 atom stereocenters. The summed E-state index contributed by atoms with van der Waals surface area (Å²) in [6, 6.07) is 5.22. The monoisotopic (exact) mass is 319 g/mol. The lowest BCUT2D eigenvalue weighted by atomic mass is 9.89. The van der Waals surface area contributed by atoms with E-state index in [1.807, 2.05) is 12.1 Å². The highest BCUT2D eigenvalue weighted by Gasteiger charge is 2.26. The van der Waals surface area contributed by atoms with E-state index >= 15 is 0 Å². The van der Waals surface area contributed by atoms with Gasteiger partial charge in [0.15, 0.2) is 0 Å². The highest BCUT2D eigenvalue weighted by molar-refractivity contribution is 5.98. The number of hydrogen-bond donors (Lipinski definition) is 3. The van der Waals surface area contributed by atoms with Crippen molar-refractivity contribution < 1.29 is 14.0 Å². The first-order chi connectivity index (χ1) is 11.1. The number of carbonyl (C=O) groups excluding carboxylic acids is 2. The lowest BCUT2D eigenvalue weighted by Gasteiger charge is -2.24. The van der Waals surface area contributed by atoms with E-state index in [9.17, 15) is 14.0 Å². The van der Waals surface area contributed by atoms with Crippen molar-refractivity contribution in [3.63, 3.8) is 0 Å². The fourth-order valence-electron chi connectivity index (χ4n) is 3.28. The molecule has 2 saturated heterocycles. The summed E-state index contributed by atoms with van der Waals surface area (Å²) in [5.74, 6) is -0.630. The lowest BCUT2D eigenvalue weighted by molar-refractivity contribution is -0.135. The number of imide groups is 1. The normalized spacial score (nSPS) is 22.7. The molecule has 0 radical (unpaired) electrons. The van der Waals surface area contributed by atoms with Crippen LogP contribution in [0.2, 0.25) is 0 Å². The van der Waals surface area contributed by atoms with E-state index in [2.05, 4.69) is 16.0 Å². The van der Waals surface area contributed by atoms with Crippen molar-refractivity contribution in [1.82, 2.24) is 10.6 Å². The molecule has 23 heavy (non-hydrogen) atoms. The van der Waals surface area contributed by atoms with Gasteiger partial charge in [-0.25, -0.2) is 4.39 Å². The zero-order chi connectivity index (χ0) is 16.2. The first kappa shape index (κ1) is 15.9. The third-order valence-corrected chi connectivity index (χ3v) is 4.69. The van der Waals surface area contributed by atoms with Crippen LogP contribution in [0.4, 0.5) is 10.1 Å². The summed E-state index contributed by atoms with van der Waals surface area (Å²) in [4.78, 5) is 22.8. The minimum atomic E-state index is -0.250. The predicted octanol–water partition coefficient (Wildman–Crippen LogP) is 1.76. The maximum atomic E-state index is 14.3. The molecule has 6 heteroatoms. The molecule has 1 aromatic rings. The second-order valence-electron chi connectivity index (χ2n) is 6.29. The largest absolute Gasteiger partial charge is 0.384 e. The van der Waals surface area contributed by atoms with Crippen molar-refractivity contribution in [2.24, 2.45) is 5.92 Å². The summed E-state index contributed by atoms with van der Waals surface area (Å²) in [5.41, 5.74) is 1.45. The average molecular weight is 319 g/mol. The van der Waals surface area contributed by atoms with Gasteiger partial charge in [0.2, 0.25) is 11.8 Å². The molecule has 0 unspecified atom stereocenters. The third kappa shape index (κ3) is 3.88. The molecule has 5 nitrogen and oxygen atoms in total. The minimum Gasteiger partial charge on any atom is -0.384 e. The molecule has 0 bridgehead atoms. The number of anilines is 1. The fourth-order valence-corrected chi connectivity index (χ4v) is 3.28. The Labute approximate surface area is 135 Å². The molecular formula is C17H22FN3O2. The molecule has 0 spiro atoms. The van der Waals surface area contributed by atoms with Crippen LogP contribution in [0.25, 0.3) is 0 Å². The minimum absolute atomic E-state index is 0.190. The fraction of sp³-hybridized carbons (Fsp3) is 0.529. The second kappa shape index (κ2) is 7.08. The van der Waals surface area contributed by atoms with Crippen molar-refractivity contribution >= 4 is 17.5 Å². The zero-order valence-corrected chi connectivity index (χ0v) is 13.0. The summed E-state index contributed by atoms with van der Waals surface area (Å²) < 4.78 is 14.3. The first-order valence-corrected chi connectivity index (χ1v) is 8.21. The van der Waals surface area contributed by atoms with E-state index in [4.69, 9.17) is 0 Å². The molecule has 0 aromatic heterocycles. The quantitative estimate of drug-likeness (QED) is 0.740. The zero-order valence-electron chi connectivity index (χ0n) is 13.0. The third-order valence-electron chi connectivity index (χ3n) is 4.69. The summed E-state index contributed by atoms with van der Waals surface area (Å²) in [5, 5.41) is 8.72. The molecule has 2 aliphatic rings. The van der Waals surface area contributed by atoms with Gasteiger partial charge in [0.25, 0.3) is 0 Å². The van der Waals surface area contributed by atoms with Crippen LogP contribution in [0.3, 0.4) is 0 Å². The molecule has 3 N–H and O–H groups in total. The molecule has 2 heterocycles. The summed E-state index contributed by atoms with van der Waals surface area (Å²) in [7, 11) is 0. The first-order valence-electron chi connectivity index (χ1n) is 8.21. The predicted molar refractivity (Wildman–Crippen MR) is 85.6 cm³/mol. The Morgan fingerprint density at radius 3 is 2.65 bits per heavy atom.